The van der Waals surface area contributed by atoms with Crippen LogP contribution >= 0.6 is 0 Å². The lowest BCUT2D eigenvalue weighted by molar-refractivity contribution is -0.132. The SMILES string of the molecule is CC1CCCN1C(=O)CCN1CCCC(CO)C1. The predicted molar refractivity (Wildman–Crippen MR) is 71.3 cm³/mol. The fraction of sp³-hybridized carbons (Fsp3) is 0.929. The maximum absolute atomic E-state index is 12.1. The van der Waals surface area contributed by atoms with Crippen LogP contribution in [-0.2, 0) is 4.79 Å². The van der Waals surface area contributed by atoms with Crippen molar-refractivity contribution >= 4 is 5.91 Å². The molecule has 0 saturated carbocycles. The van der Waals surface area contributed by atoms with Crippen LogP contribution < -0.4 is 0 Å². The van der Waals surface area contributed by atoms with Gasteiger partial charge in [0.1, 0.15) is 0 Å². The van der Waals surface area contributed by atoms with E-state index in [-0.39, 0.29) is 6.61 Å². The highest BCUT2D eigenvalue weighted by molar-refractivity contribution is 5.77. The van der Waals surface area contributed by atoms with Crippen molar-refractivity contribution in [3.05, 3.63) is 0 Å². The van der Waals surface area contributed by atoms with Crippen molar-refractivity contribution in [3.63, 3.8) is 0 Å². The van der Waals surface area contributed by atoms with E-state index in [0.29, 0.717) is 24.3 Å². The van der Waals surface area contributed by atoms with Gasteiger partial charge in [-0.2, -0.15) is 0 Å². The molecule has 0 aromatic carbocycles. The maximum Gasteiger partial charge on any atom is 0.224 e. The molecule has 0 aromatic heterocycles. The van der Waals surface area contributed by atoms with Crippen molar-refractivity contribution in [1.82, 2.24) is 9.80 Å². The Morgan fingerprint density at radius 3 is 2.72 bits per heavy atom. The lowest BCUT2D eigenvalue weighted by Crippen LogP contribution is -2.40. The van der Waals surface area contributed by atoms with E-state index in [1.165, 1.54) is 0 Å². The summed E-state index contributed by atoms with van der Waals surface area (Å²) < 4.78 is 0. The van der Waals surface area contributed by atoms with E-state index in [1.54, 1.807) is 0 Å². The third-order valence-corrected chi connectivity index (χ3v) is 4.38. The van der Waals surface area contributed by atoms with E-state index in [1.807, 2.05) is 4.90 Å². The molecule has 2 saturated heterocycles. The van der Waals surface area contributed by atoms with Gasteiger partial charge in [0, 0.05) is 38.7 Å². The summed E-state index contributed by atoms with van der Waals surface area (Å²) in [6.07, 6.45) is 5.23. The number of nitrogens with zero attached hydrogens (tertiary/aromatic N) is 2. The van der Waals surface area contributed by atoms with Crippen LogP contribution in [0.5, 0.6) is 0 Å². The van der Waals surface area contributed by atoms with Crippen LogP contribution in [0.15, 0.2) is 0 Å². The highest BCUT2D eigenvalue weighted by atomic mass is 16.3. The summed E-state index contributed by atoms with van der Waals surface area (Å²) in [6, 6.07) is 0.434. The van der Waals surface area contributed by atoms with E-state index in [4.69, 9.17) is 0 Å². The van der Waals surface area contributed by atoms with Crippen LogP contribution in [-0.4, -0.2) is 59.6 Å². The molecule has 0 spiro atoms. The van der Waals surface area contributed by atoms with Crippen LogP contribution in [0.2, 0.25) is 0 Å². The molecule has 2 fully saturated rings. The maximum atomic E-state index is 12.1. The Bertz CT molecular complexity index is 283. The van der Waals surface area contributed by atoms with Crippen LogP contribution in [0.1, 0.15) is 39.0 Å². The zero-order chi connectivity index (χ0) is 13.0. The van der Waals surface area contributed by atoms with Crippen LogP contribution in [0, 0.1) is 5.92 Å². The zero-order valence-corrected chi connectivity index (χ0v) is 11.5. The fourth-order valence-electron chi connectivity index (χ4n) is 3.20. The Morgan fingerprint density at radius 1 is 1.28 bits per heavy atom. The Kier molecular flexibility index (Phi) is 5.01. The van der Waals surface area contributed by atoms with Gasteiger partial charge in [-0.05, 0) is 45.1 Å². The van der Waals surface area contributed by atoms with Gasteiger partial charge in [0.15, 0.2) is 0 Å². The Hall–Kier alpha value is -0.610. The molecule has 0 bridgehead atoms. The molecule has 2 unspecified atom stereocenters. The Morgan fingerprint density at radius 2 is 2.06 bits per heavy atom. The van der Waals surface area contributed by atoms with Crippen molar-refractivity contribution in [2.24, 2.45) is 5.92 Å². The molecule has 0 aliphatic carbocycles. The van der Waals surface area contributed by atoms with Gasteiger partial charge in [0.2, 0.25) is 5.91 Å². The first kappa shape index (κ1) is 13.8. The normalized spacial score (nSPS) is 29.8. The fourth-order valence-corrected chi connectivity index (χ4v) is 3.20. The molecular formula is C14H26N2O2. The van der Waals surface area contributed by atoms with Gasteiger partial charge in [0.05, 0.1) is 0 Å². The van der Waals surface area contributed by atoms with E-state index in [2.05, 4.69) is 11.8 Å². The molecular weight excluding hydrogens is 228 g/mol. The average Bonchev–Trinajstić information content (AvgIpc) is 2.82. The van der Waals surface area contributed by atoms with Crippen molar-refractivity contribution in [1.29, 1.82) is 0 Å². The van der Waals surface area contributed by atoms with Crippen LogP contribution in [0.3, 0.4) is 0 Å². The monoisotopic (exact) mass is 254 g/mol. The minimum Gasteiger partial charge on any atom is -0.396 e. The molecule has 1 N–H and O–H groups in total. The highest BCUT2D eigenvalue weighted by Gasteiger charge is 2.26. The number of carbonyl (C=O) groups excluding carboxylic acids is 1. The van der Waals surface area contributed by atoms with Crippen molar-refractivity contribution in [2.45, 2.75) is 45.1 Å². The lowest BCUT2D eigenvalue weighted by Gasteiger charge is -2.32. The Balaban J connectivity index is 1.72. The summed E-state index contributed by atoms with van der Waals surface area (Å²) in [5, 5.41) is 9.19. The molecule has 18 heavy (non-hydrogen) atoms. The molecule has 4 nitrogen and oxygen atoms in total. The van der Waals surface area contributed by atoms with E-state index < -0.39 is 0 Å². The van der Waals surface area contributed by atoms with Crippen molar-refractivity contribution in [2.75, 3.05) is 32.8 Å². The first-order valence-electron chi connectivity index (χ1n) is 7.33. The number of likely N-dealkylation sites (tertiary alicyclic amines) is 2. The summed E-state index contributed by atoms with van der Waals surface area (Å²) in [5.74, 6) is 0.727. The third-order valence-electron chi connectivity index (χ3n) is 4.38. The largest absolute Gasteiger partial charge is 0.396 e. The van der Waals surface area contributed by atoms with E-state index in [9.17, 15) is 9.90 Å². The third kappa shape index (κ3) is 3.45. The number of carbonyl (C=O) groups is 1. The summed E-state index contributed by atoms with van der Waals surface area (Å²) in [5.41, 5.74) is 0. The first-order chi connectivity index (χ1) is 8.70. The second-order valence-corrected chi connectivity index (χ2v) is 5.82. The topological polar surface area (TPSA) is 43.8 Å². The second kappa shape index (κ2) is 6.53. The van der Waals surface area contributed by atoms with E-state index >= 15 is 0 Å². The number of piperidine rings is 1. The summed E-state index contributed by atoms with van der Waals surface area (Å²) in [6.45, 7) is 6.28. The number of hydrogen-bond donors (Lipinski definition) is 1. The number of rotatable bonds is 4. The molecule has 2 aliphatic heterocycles. The van der Waals surface area contributed by atoms with Crippen LogP contribution in [0.25, 0.3) is 0 Å². The second-order valence-electron chi connectivity index (χ2n) is 5.82. The number of hydrogen-bond acceptors (Lipinski definition) is 3. The van der Waals surface area contributed by atoms with Gasteiger partial charge >= 0.3 is 0 Å². The van der Waals surface area contributed by atoms with Gasteiger partial charge in [-0.3, -0.25) is 4.79 Å². The Labute approximate surface area is 110 Å². The minimum atomic E-state index is 0.285. The molecule has 104 valence electrons. The van der Waals surface area contributed by atoms with Gasteiger partial charge in [0.25, 0.3) is 0 Å². The minimum absolute atomic E-state index is 0.285. The van der Waals surface area contributed by atoms with Gasteiger partial charge in [-0.25, -0.2) is 0 Å². The van der Waals surface area contributed by atoms with Crippen molar-refractivity contribution in [3.8, 4) is 0 Å². The first-order valence-corrected chi connectivity index (χ1v) is 7.33. The van der Waals surface area contributed by atoms with Gasteiger partial charge in [-0.1, -0.05) is 0 Å². The smallest absolute Gasteiger partial charge is 0.224 e. The average molecular weight is 254 g/mol. The summed E-state index contributed by atoms with van der Waals surface area (Å²) >= 11 is 0. The number of amides is 1. The molecule has 0 aromatic rings. The molecule has 0 radical (unpaired) electrons. The van der Waals surface area contributed by atoms with Crippen molar-refractivity contribution < 1.29 is 9.90 Å². The van der Waals surface area contributed by atoms with E-state index in [0.717, 1.165) is 51.9 Å². The molecule has 2 rings (SSSR count). The van der Waals surface area contributed by atoms with Crippen LogP contribution in [0.4, 0.5) is 0 Å². The highest BCUT2D eigenvalue weighted by Crippen LogP contribution is 2.19. The molecule has 2 atom stereocenters. The molecule has 1 amide bonds. The van der Waals surface area contributed by atoms with Gasteiger partial charge < -0.3 is 14.9 Å². The number of aliphatic hydroxyl groups excluding tert-OH is 1. The van der Waals surface area contributed by atoms with Gasteiger partial charge in [-0.15, -0.1) is 0 Å². The lowest BCUT2D eigenvalue weighted by atomic mass is 9.99. The summed E-state index contributed by atoms with van der Waals surface area (Å²) in [4.78, 5) is 16.5. The molecule has 4 heteroatoms. The predicted octanol–water partition coefficient (Wildman–Crippen LogP) is 1.09. The number of aliphatic hydroxyl groups is 1. The molecule has 2 heterocycles. The quantitative estimate of drug-likeness (QED) is 0.817. The summed E-state index contributed by atoms with van der Waals surface area (Å²) in [7, 11) is 0. The standard InChI is InChI=1S/C14H26N2O2/c1-12-4-2-8-16(12)14(18)6-9-15-7-3-5-13(10-15)11-17/h12-13,17H,2-11H2,1H3. The molecule has 2 aliphatic rings. The zero-order valence-electron chi connectivity index (χ0n) is 11.5.